The lowest BCUT2D eigenvalue weighted by Gasteiger charge is -2.10. The SMILES string of the molecule is O=Cc1nc(-c2ccccc2)ccc1C(F)(F)F. The van der Waals surface area contributed by atoms with E-state index < -0.39 is 17.4 Å². The van der Waals surface area contributed by atoms with Crippen LogP contribution in [0.4, 0.5) is 13.2 Å². The summed E-state index contributed by atoms with van der Waals surface area (Å²) in [4.78, 5) is 14.4. The summed E-state index contributed by atoms with van der Waals surface area (Å²) in [5, 5.41) is 0. The molecule has 0 bridgehead atoms. The van der Waals surface area contributed by atoms with E-state index in [1.54, 1.807) is 30.3 Å². The molecule has 92 valence electrons. The first kappa shape index (κ1) is 12.3. The Hall–Kier alpha value is -2.17. The largest absolute Gasteiger partial charge is 0.418 e. The van der Waals surface area contributed by atoms with Crippen LogP contribution in [0.15, 0.2) is 42.5 Å². The predicted octanol–water partition coefficient (Wildman–Crippen LogP) is 3.58. The molecule has 0 radical (unpaired) electrons. The minimum Gasteiger partial charge on any atom is -0.296 e. The summed E-state index contributed by atoms with van der Waals surface area (Å²) >= 11 is 0. The molecule has 0 unspecified atom stereocenters. The molecule has 18 heavy (non-hydrogen) atoms. The van der Waals surface area contributed by atoms with Gasteiger partial charge in [0.05, 0.1) is 11.3 Å². The summed E-state index contributed by atoms with van der Waals surface area (Å²) in [5.74, 6) is 0. The Bertz CT molecular complexity index is 564. The van der Waals surface area contributed by atoms with Crippen LogP contribution in [0.3, 0.4) is 0 Å². The number of nitrogens with zero attached hydrogens (tertiary/aromatic N) is 1. The van der Waals surface area contributed by atoms with Crippen LogP contribution in [0.1, 0.15) is 16.1 Å². The van der Waals surface area contributed by atoms with Crippen LogP contribution in [0.25, 0.3) is 11.3 Å². The Kier molecular flexibility index (Phi) is 3.14. The minimum atomic E-state index is -4.57. The predicted molar refractivity (Wildman–Crippen MR) is 60.1 cm³/mol. The van der Waals surface area contributed by atoms with E-state index in [4.69, 9.17) is 0 Å². The van der Waals surface area contributed by atoms with Crippen LogP contribution in [0, 0.1) is 0 Å². The quantitative estimate of drug-likeness (QED) is 0.763. The number of pyridine rings is 1. The summed E-state index contributed by atoms with van der Waals surface area (Å²) in [6, 6.07) is 10.8. The number of alkyl halides is 3. The van der Waals surface area contributed by atoms with Gasteiger partial charge in [0.2, 0.25) is 0 Å². The monoisotopic (exact) mass is 251 g/mol. The number of halogens is 3. The second-order valence-corrected chi connectivity index (χ2v) is 3.61. The van der Waals surface area contributed by atoms with Gasteiger partial charge in [0.15, 0.2) is 6.29 Å². The van der Waals surface area contributed by atoms with Crippen molar-refractivity contribution in [3.63, 3.8) is 0 Å². The van der Waals surface area contributed by atoms with Gasteiger partial charge in [0, 0.05) is 5.56 Å². The van der Waals surface area contributed by atoms with Crippen molar-refractivity contribution in [1.29, 1.82) is 0 Å². The van der Waals surface area contributed by atoms with Crippen molar-refractivity contribution in [3.8, 4) is 11.3 Å². The highest BCUT2D eigenvalue weighted by atomic mass is 19.4. The number of rotatable bonds is 2. The van der Waals surface area contributed by atoms with E-state index in [1.165, 1.54) is 6.07 Å². The number of carbonyl (C=O) groups is 1. The summed E-state index contributed by atoms with van der Waals surface area (Å²) < 4.78 is 37.7. The molecule has 0 saturated heterocycles. The zero-order valence-corrected chi connectivity index (χ0v) is 9.11. The Morgan fingerprint density at radius 2 is 1.67 bits per heavy atom. The van der Waals surface area contributed by atoms with Crippen LogP contribution in [-0.2, 0) is 6.18 Å². The van der Waals surface area contributed by atoms with Crippen molar-refractivity contribution in [3.05, 3.63) is 53.7 Å². The van der Waals surface area contributed by atoms with Crippen molar-refractivity contribution in [2.45, 2.75) is 6.18 Å². The van der Waals surface area contributed by atoms with Crippen molar-refractivity contribution in [2.75, 3.05) is 0 Å². The van der Waals surface area contributed by atoms with E-state index >= 15 is 0 Å². The maximum Gasteiger partial charge on any atom is 0.418 e. The van der Waals surface area contributed by atoms with Gasteiger partial charge in [-0.2, -0.15) is 13.2 Å². The first-order valence-corrected chi connectivity index (χ1v) is 5.11. The molecule has 0 aliphatic carbocycles. The molecule has 1 aromatic heterocycles. The summed E-state index contributed by atoms with van der Waals surface area (Å²) in [6.07, 6.45) is -4.45. The number of aromatic nitrogens is 1. The molecule has 0 amide bonds. The Morgan fingerprint density at radius 1 is 1.00 bits per heavy atom. The second kappa shape index (κ2) is 4.60. The smallest absolute Gasteiger partial charge is 0.296 e. The molecule has 0 N–H and O–H groups in total. The lowest BCUT2D eigenvalue weighted by molar-refractivity contribution is -0.138. The topological polar surface area (TPSA) is 30.0 Å². The van der Waals surface area contributed by atoms with Gasteiger partial charge in [-0.3, -0.25) is 4.79 Å². The van der Waals surface area contributed by atoms with E-state index in [0.717, 1.165) is 6.07 Å². The fraction of sp³-hybridized carbons (Fsp3) is 0.0769. The maximum absolute atomic E-state index is 12.6. The van der Waals surface area contributed by atoms with E-state index in [1.807, 2.05) is 0 Å². The van der Waals surface area contributed by atoms with Crippen molar-refractivity contribution in [1.82, 2.24) is 4.98 Å². The normalized spacial score (nSPS) is 11.3. The summed E-state index contributed by atoms with van der Waals surface area (Å²) in [6.45, 7) is 0. The fourth-order valence-electron chi connectivity index (χ4n) is 1.57. The van der Waals surface area contributed by atoms with Gasteiger partial charge in [-0.05, 0) is 12.1 Å². The van der Waals surface area contributed by atoms with Crippen molar-refractivity contribution < 1.29 is 18.0 Å². The zero-order chi connectivity index (χ0) is 13.2. The number of hydrogen-bond acceptors (Lipinski definition) is 2. The molecular formula is C13H8F3NO. The van der Waals surface area contributed by atoms with Crippen LogP contribution in [0.5, 0.6) is 0 Å². The number of aldehydes is 1. The van der Waals surface area contributed by atoms with Gasteiger partial charge in [0.1, 0.15) is 5.69 Å². The fourth-order valence-corrected chi connectivity index (χ4v) is 1.57. The van der Waals surface area contributed by atoms with Gasteiger partial charge in [0.25, 0.3) is 0 Å². The molecule has 0 fully saturated rings. The molecular weight excluding hydrogens is 243 g/mol. The van der Waals surface area contributed by atoms with Crippen molar-refractivity contribution in [2.24, 2.45) is 0 Å². The van der Waals surface area contributed by atoms with Gasteiger partial charge in [-0.1, -0.05) is 30.3 Å². The van der Waals surface area contributed by atoms with Gasteiger partial charge < -0.3 is 0 Å². The molecule has 0 aliphatic heterocycles. The molecule has 0 spiro atoms. The standard InChI is InChI=1S/C13H8F3NO/c14-13(15,16)10-6-7-11(17-12(10)8-18)9-4-2-1-3-5-9/h1-8H. The highest BCUT2D eigenvalue weighted by molar-refractivity contribution is 5.76. The zero-order valence-electron chi connectivity index (χ0n) is 9.11. The molecule has 2 rings (SSSR count). The molecule has 0 atom stereocenters. The second-order valence-electron chi connectivity index (χ2n) is 3.61. The van der Waals surface area contributed by atoms with Gasteiger partial charge >= 0.3 is 6.18 Å². The minimum absolute atomic E-state index is 0.120. The van der Waals surface area contributed by atoms with Crippen LogP contribution < -0.4 is 0 Å². The average Bonchev–Trinajstić information content (AvgIpc) is 2.38. The third kappa shape index (κ3) is 2.40. The number of carbonyl (C=O) groups excluding carboxylic acids is 1. The van der Waals surface area contributed by atoms with E-state index in [0.29, 0.717) is 11.3 Å². The average molecular weight is 251 g/mol. The van der Waals surface area contributed by atoms with Gasteiger partial charge in [-0.15, -0.1) is 0 Å². The number of hydrogen-bond donors (Lipinski definition) is 0. The molecule has 2 aromatic rings. The van der Waals surface area contributed by atoms with Gasteiger partial charge in [-0.25, -0.2) is 4.98 Å². The van der Waals surface area contributed by atoms with Crippen LogP contribution in [-0.4, -0.2) is 11.3 Å². The molecule has 1 heterocycles. The molecule has 1 aromatic carbocycles. The first-order valence-electron chi connectivity index (χ1n) is 5.11. The van der Waals surface area contributed by atoms with Crippen LogP contribution >= 0.6 is 0 Å². The Balaban J connectivity index is 2.52. The Morgan fingerprint density at radius 3 is 2.22 bits per heavy atom. The first-order chi connectivity index (χ1) is 8.52. The van der Waals surface area contributed by atoms with Crippen LogP contribution in [0.2, 0.25) is 0 Å². The van der Waals surface area contributed by atoms with E-state index in [-0.39, 0.29) is 6.29 Å². The molecule has 2 nitrogen and oxygen atoms in total. The third-order valence-corrected chi connectivity index (χ3v) is 2.41. The summed E-state index contributed by atoms with van der Waals surface area (Å²) in [5.41, 5.74) is -0.610. The highest BCUT2D eigenvalue weighted by Crippen LogP contribution is 2.32. The number of benzene rings is 1. The molecule has 5 heteroatoms. The van der Waals surface area contributed by atoms with E-state index in [2.05, 4.69) is 4.98 Å². The maximum atomic E-state index is 12.6. The third-order valence-electron chi connectivity index (χ3n) is 2.41. The van der Waals surface area contributed by atoms with Crippen molar-refractivity contribution >= 4 is 6.29 Å². The molecule has 0 aliphatic rings. The lowest BCUT2D eigenvalue weighted by Crippen LogP contribution is -2.10. The lowest BCUT2D eigenvalue weighted by atomic mass is 10.1. The Labute approximate surface area is 101 Å². The molecule has 0 saturated carbocycles. The summed E-state index contributed by atoms with van der Waals surface area (Å²) in [7, 11) is 0. The van der Waals surface area contributed by atoms with E-state index in [9.17, 15) is 18.0 Å². The highest BCUT2D eigenvalue weighted by Gasteiger charge is 2.34.